The topological polar surface area (TPSA) is 86.7 Å². The number of halogens is 2. The zero-order chi connectivity index (χ0) is 20.0. The van der Waals surface area contributed by atoms with Crippen LogP contribution in [0.4, 0.5) is 8.78 Å². The van der Waals surface area contributed by atoms with Crippen LogP contribution in [0.15, 0.2) is 58.2 Å². The largest absolute Gasteiger partial charge is 0.337 e. The maximum absolute atomic E-state index is 15.0. The van der Waals surface area contributed by atoms with Gasteiger partial charge in [0.15, 0.2) is 11.5 Å². The molecule has 7 nitrogen and oxygen atoms in total. The monoisotopic (exact) mass is 395 g/mol. The fourth-order valence-corrected chi connectivity index (χ4v) is 3.66. The molecule has 5 rings (SSSR count). The van der Waals surface area contributed by atoms with Crippen LogP contribution in [0.1, 0.15) is 36.0 Å². The van der Waals surface area contributed by atoms with Crippen LogP contribution >= 0.6 is 0 Å². The van der Waals surface area contributed by atoms with Crippen LogP contribution in [-0.4, -0.2) is 24.7 Å². The third-order valence-electron chi connectivity index (χ3n) is 5.23. The maximum atomic E-state index is 15.0. The van der Waals surface area contributed by atoms with Gasteiger partial charge in [0.2, 0.25) is 5.89 Å². The van der Waals surface area contributed by atoms with E-state index in [1.165, 1.54) is 29.1 Å². The fraction of sp³-hybridized carbons (Fsp3) is 0.250. The van der Waals surface area contributed by atoms with E-state index < -0.39 is 11.5 Å². The lowest BCUT2D eigenvalue weighted by atomic mass is 9.68. The molecule has 0 bridgehead atoms. The number of alkyl halides is 1. The molecule has 3 heterocycles. The van der Waals surface area contributed by atoms with Gasteiger partial charge in [-0.3, -0.25) is 9.36 Å². The third-order valence-corrected chi connectivity index (χ3v) is 5.23. The van der Waals surface area contributed by atoms with Crippen LogP contribution in [0, 0.1) is 5.82 Å². The van der Waals surface area contributed by atoms with Crippen LogP contribution < -0.4 is 5.56 Å². The first-order valence-electron chi connectivity index (χ1n) is 9.09. The first-order valence-corrected chi connectivity index (χ1v) is 9.09. The Morgan fingerprint density at radius 2 is 2.07 bits per heavy atom. The van der Waals surface area contributed by atoms with Gasteiger partial charge in [0.1, 0.15) is 24.4 Å². The van der Waals surface area contributed by atoms with Crippen molar-refractivity contribution in [2.75, 3.05) is 0 Å². The minimum absolute atomic E-state index is 0.0566. The molecular weight excluding hydrogens is 380 g/mol. The molecule has 0 radical (unpaired) electrons. The van der Waals surface area contributed by atoms with Gasteiger partial charge in [-0.15, -0.1) is 0 Å². The number of benzene rings is 1. The van der Waals surface area contributed by atoms with Crippen molar-refractivity contribution in [3.8, 4) is 0 Å². The number of nitrogens with zero attached hydrogens (tertiary/aromatic N) is 5. The molecule has 9 heteroatoms. The van der Waals surface area contributed by atoms with Crippen molar-refractivity contribution in [3.05, 3.63) is 82.4 Å². The Balaban J connectivity index is 1.32. The summed E-state index contributed by atoms with van der Waals surface area (Å²) in [5, 5.41) is 4.32. The molecule has 0 saturated heterocycles. The Kier molecular flexibility index (Phi) is 3.97. The fourth-order valence-electron chi connectivity index (χ4n) is 3.66. The summed E-state index contributed by atoms with van der Waals surface area (Å²) in [5.41, 5.74) is -1.17. The Labute approximate surface area is 163 Å². The summed E-state index contributed by atoms with van der Waals surface area (Å²) in [6, 6.07) is 8.89. The summed E-state index contributed by atoms with van der Waals surface area (Å²) in [4.78, 5) is 25.0. The van der Waals surface area contributed by atoms with Crippen LogP contribution in [0.25, 0.3) is 11.0 Å². The third kappa shape index (κ3) is 3.08. The zero-order valence-corrected chi connectivity index (χ0v) is 15.1. The van der Waals surface area contributed by atoms with Gasteiger partial charge < -0.3 is 4.52 Å². The summed E-state index contributed by atoms with van der Waals surface area (Å²) >= 11 is 0. The first kappa shape index (κ1) is 17.6. The van der Waals surface area contributed by atoms with Crippen LogP contribution in [-0.2, 0) is 12.2 Å². The van der Waals surface area contributed by atoms with E-state index in [1.807, 2.05) is 0 Å². The summed E-state index contributed by atoms with van der Waals surface area (Å²) in [7, 11) is 0. The number of pyridine rings is 1. The van der Waals surface area contributed by atoms with E-state index in [4.69, 9.17) is 4.52 Å². The van der Waals surface area contributed by atoms with Gasteiger partial charge >= 0.3 is 0 Å². The van der Waals surface area contributed by atoms with Crippen molar-refractivity contribution in [3.63, 3.8) is 0 Å². The molecule has 1 fully saturated rings. The average Bonchev–Trinajstić information content (AvgIpc) is 3.16. The van der Waals surface area contributed by atoms with Crippen LogP contribution in [0.2, 0.25) is 0 Å². The minimum Gasteiger partial charge on any atom is -0.337 e. The minimum atomic E-state index is -1.60. The van der Waals surface area contributed by atoms with Gasteiger partial charge in [0.25, 0.3) is 5.56 Å². The zero-order valence-electron chi connectivity index (χ0n) is 15.1. The highest BCUT2D eigenvalue weighted by Crippen LogP contribution is 2.53. The average molecular weight is 395 g/mol. The Morgan fingerprint density at radius 1 is 1.21 bits per heavy atom. The molecule has 0 atom stereocenters. The van der Waals surface area contributed by atoms with E-state index in [9.17, 15) is 13.6 Å². The van der Waals surface area contributed by atoms with E-state index in [2.05, 4.69) is 20.1 Å². The molecule has 0 spiro atoms. The van der Waals surface area contributed by atoms with E-state index in [0.717, 1.165) is 0 Å². The Hall–Kier alpha value is -3.49. The van der Waals surface area contributed by atoms with E-state index in [1.54, 1.807) is 24.4 Å². The number of rotatable bonds is 4. The molecule has 0 unspecified atom stereocenters. The van der Waals surface area contributed by atoms with Crippen LogP contribution in [0.3, 0.4) is 0 Å². The van der Waals surface area contributed by atoms with Gasteiger partial charge in [0, 0.05) is 12.1 Å². The first-order chi connectivity index (χ1) is 14.0. The van der Waals surface area contributed by atoms with Crippen molar-refractivity contribution >= 4 is 11.0 Å². The van der Waals surface area contributed by atoms with Crippen molar-refractivity contribution in [2.45, 2.75) is 31.0 Å². The van der Waals surface area contributed by atoms with Crippen molar-refractivity contribution < 1.29 is 13.3 Å². The molecule has 1 saturated carbocycles. The Bertz CT molecular complexity index is 1260. The van der Waals surface area contributed by atoms with Crippen molar-refractivity contribution in [2.24, 2.45) is 0 Å². The summed E-state index contributed by atoms with van der Waals surface area (Å²) in [6.45, 7) is 0.0566. The number of aromatic nitrogens is 5. The molecule has 4 aromatic rings. The second-order valence-electron chi connectivity index (χ2n) is 7.18. The number of hydrogen-bond acceptors (Lipinski definition) is 6. The van der Waals surface area contributed by atoms with E-state index in [0.29, 0.717) is 22.4 Å². The molecule has 1 aliphatic rings. The van der Waals surface area contributed by atoms with Gasteiger partial charge in [-0.25, -0.2) is 18.7 Å². The predicted molar refractivity (Wildman–Crippen MR) is 98.4 cm³/mol. The molecule has 146 valence electrons. The quantitative estimate of drug-likeness (QED) is 0.528. The highest BCUT2D eigenvalue weighted by Gasteiger charge is 2.48. The summed E-state index contributed by atoms with van der Waals surface area (Å²) in [6.07, 6.45) is 3.25. The highest BCUT2D eigenvalue weighted by molar-refractivity contribution is 5.72. The molecule has 0 N–H and O–H groups in total. The summed E-state index contributed by atoms with van der Waals surface area (Å²) < 4.78 is 35.0. The van der Waals surface area contributed by atoms with Gasteiger partial charge in [0.05, 0.1) is 5.39 Å². The SMILES string of the molecule is O=c1c2cccnc2ncn1Cc1nc(C2CC(F)(c3cccc(F)c3)C2)no1. The second-order valence-corrected chi connectivity index (χ2v) is 7.18. The van der Waals surface area contributed by atoms with Crippen LogP contribution in [0.5, 0.6) is 0 Å². The van der Waals surface area contributed by atoms with Gasteiger partial charge in [-0.2, -0.15) is 4.98 Å². The molecule has 29 heavy (non-hydrogen) atoms. The molecule has 1 aliphatic carbocycles. The Morgan fingerprint density at radius 3 is 2.90 bits per heavy atom. The van der Waals surface area contributed by atoms with E-state index >= 15 is 0 Å². The van der Waals surface area contributed by atoms with Crippen molar-refractivity contribution in [1.29, 1.82) is 0 Å². The number of hydrogen-bond donors (Lipinski definition) is 0. The molecule has 0 amide bonds. The number of fused-ring (bicyclic) bond motifs is 1. The highest BCUT2D eigenvalue weighted by atomic mass is 19.1. The lowest BCUT2D eigenvalue weighted by molar-refractivity contribution is 0.0333. The standard InChI is InChI=1S/C20H15F2N5O2/c21-14-4-1-3-13(7-14)20(22)8-12(9-20)17-25-16(29-26-17)10-27-11-24-18-15(19(27)28)5-2-6-23-18/h1-7,11-12H,8-10H2. The smallest absolute Gasteiger partial charge is 0.263 e. The molecular formula is C20H15F2N5O2. The molecule has 3 aromatic heterocycles. The molecule has 1 aromatic carbocycles. The summed E-state index contributed by atoms with van der Waals surface area (Å²) in [5.74, 6) is -0.0757. The molecule has 0 aliphatic heterocycles. The lowest BCUT2D eigenvalue weighted by Gasteiger charge is -2.40. The lowest BCUT2D eigenvalue weighted by Crippen LogP contribution is -2.36. The normalized spacial score (nSPS) is 21.2. The van der Waals surface area contributed by atoms with E-state index in [-0.39, 0.29) is 36.8 Å². The predicted octanol–water partition coefficient (Wildman–Crippen LogP) is 3.10. The maximum Gasteiger partial charge on any atom is 0.263 e. The van der Waals surface area contributed by atoms with Crippen molar-refractivity contribution in [1.82, 2.24) is 24.7 Å². The second kappa shape index (κ2) is 6.54. The van der Waals surface area contributed by atoms with Gasteiger partial charge in [-0.05, 0) is 42.7 Å². The van der Waals surface area contributed by atoms with Gasteiger partial charge in [-0.1, -0.05) is 17.3 Å².